The maximum Gasteiger partial charge on any atom is 0.332 e. The fourth-order valence-corrected chi connectivity index (χ4v) is 3.07. The van der Waals surface area contributed by atoms with Crippen LogP contribution in [0.2, 0.25) is 0 Å². The van der Waals surface area contributed by atoms with Gasteiger partial charge in [-0.2, -0.15) is 0 Å². The van der Waals surface area contributed by atoms with Gasteiger partial charge in [0.15, 0.2) is 0 Å². The lowest BCUT2D eigenvalue weighted by Gasteiger charge is -2.21. The molecule has 1 unspecified atom stereocenters. The third-order valence-corrected chi connectivity index (χ3v) is 4.06. The van der Waals surface area contributed by atoms with Gasteiger partial charge in [-0.15, -0.1) is 0 Å². The lowest BCUT2D eigenvalue weighted by molar-refractivity contribution is -0.132. The molecule has 0 rings (SSSR count). The first-order chi connectivity index (χ1) is 7.29. The number of allylic oxidation sites excluding steroid dienone is 1. The summed E-state index contributed by atoms with van der Waals surface area (Å²) in [5, 5.41) is 8.97. The van der Waals surface area contributed by atoms with E-state index in [1.807, 2.05) is 0 Å². The molecule has 1 atom stereocenters. The third-order valence-electron chi connectivity index (χ3n) is 2.58. The van der Waals surface area contributed by atoms with E-state index in [1.54, 1.807) is 20.8 Å². The Morgan fingerprint density at radius 3 is 1.88 bits per heavy atom. The Balaban J connectivity index is 5.55. The van der Waals surface area contributed by atoms with Crippen molar-refractivity contribution in [2.24, 2.45) is 0 Å². The van der Waals surface area contributed by atoms with Crippen LogP contribution < -0.4 is 0 Å². The van der Waals surface area contributed by atoms with Gasteiger partial charge in [-0.1, -0.05) is 20.8 Å². The number of hydrogen-bond donors (Lipinski definition) is 3. The SMILES string of the molecule is CCC(C(=O)O)=C(CC)C(CC)P(=O)(O)O. The van der Waals surface area contributed by atoms with Crippen molar-refractivity contribution in [3.63, 3.8) is 0 Å². The summed E-state index contributed by atoms with van der Waals surface area (Å²) in [5.74, 6) is -1.09. The van der Waals surface area contributed by atoms with Crippen molar-refractivity contribution in [1.82, 2.24) is 0 Å². The van der Waals surface area contributed by atoms with Gasteiger partial charge in [-0.05, 0) is 24.8 Å². The molecular weight excluding hydrogens is 231 g/mol. The predicted octanol–water partition coefficient (Wildman–Crippen LogP) is 2.14. The highest BCUT2D eigenvalue weighted by atomic mass is 31.2. The third kappa shape index (κ3) is 3.74. The minimum Gasteiger partial charge on any atom is -0.478 e. The van der Waals surface area contributed by atoms with Gasteiger partial charge in [-0.3, -0.25) is 4.57 Å². The summed E-state index contributed by atoms with van der Waals surface area (Å²) in [6, 6.07) is 0. The first-order valence-corrected chi connectivity index (χ1v) is 6.98. The molecule has 0 saturated heterocycles. The quantitative estimate of drug-likeness (QED) is 0.496. The molecule has 0 saturated carbocycles. The summed E-state index contributed by atoms with van der Waals surface area (Å²) >= 11 is 0. The Hall–Kier alpha value is -0.640. The maximum atomic E-state index is 11.3. The largest absolute Gasteiger partial charge is 0.478 e. The number of carboxylic acids is 1. The smallest absolute Gasteiger partial charge is 0.332 e. The van der Waals surface area contributed by atoms with Crippen LogP contribution in [0.4, 0.5) is 0 Å². The number of carboxylic acid groups (broad SMARTS) is 1. The van der Waals surface area contributed by atoms with Gasteiger partial charge in [0.2, 0.25) is 0 Å². The van der Waals surface area contributed by atoms with Crippen molar-refractivity contribution in [3.8, 4) is 0 Å². The molecule has 5 nitrogen and oxygen atoms in total. The normalized spacial score (nSPS) is 15.6. The van der Waals surface area contributed by atoms with E-state index in [2.05, 4.69) is 0 Å². The van der Waals surface area contributed by atoms with Crippen LogP contribution in [0.5, 0.6) is 0 Å². The molecule has 6 heteroatoms. The highest BCUT2D eigenvalue weighted by Crippen LogP contribution is 2.48. The van der Waals surface area contributed by atoms with Crippen LogP contribution in [-0.4, -0.2) is 26.5 Å². The molecule has 0 amide bonds. The Labute approximate surface area is 95.3 Å². The van der Waals surface area contributed by atoms with E-state index in [1.165, 1.54) is 0 Å². The van der Waals surface area contributed by atoms with Crippen molar-refractivity contribution in [3.05, 3.63) is 11.1 Å². The van der Waals surface area contributed by atoms with Gasteiger partial charge in [0.1, 0.15) is 0 Å². The molecule has 0 aliphatic carbocycles. The summed E-state index contributed by atoms with van der Waals surface area (Å²) < 4.78 is 11.3. The van der Waals surface area contributed by atoms with Crippen LogP contribution in [0.15, 0.2) is 11.1 Å². The monoisotopic (exact) mass is 250 g/mol. The summed E-state index contributed by atoms with van der Waals surface area (Å²) in [7, 11) is -4.28. The molecular formula is C10H19O5P. The number of carbonyl (C=O) groups is 1. The number of aliphatic carboxylic acids is 1. The molecule has 94 valence electrons. The zero-order chi connectivity index (χ0) is 12.9. The molecule has 0 heterocycles. The Bertz CT molecular complexity index is 328. The second kappa shape index (κ2) is 6.18. The number of hydrogen-bond acceptors (Lipinski definition) is 2. The maximum absolute atomic E-state index is 11.3. The van der Waals surface area contributed by atoms with Crippen LogP contribution in [-0.2, 0) is 9.36 Å². The molecule has 0 aromatic rings. The zero-order valence-electron chi connectivity index (χ0n) is 9.80. The van der Waals surface area contributed by atoms with Crippen LogP contribution in [0, 0.1) is 0 Å². The average Bonchev–Trinajstić information content (AvgIpc) is 2.14. The Morgan fingerprint density at radius 2 is 1.69 bits per heavy atom. The van der Waals surface area contributed by atoms with Gasteiger partial charge in [0, 0.05) is 5.57 Å². The number of rotatable bonds is 6. The average molecular weight is 250 g/mol. The van der Waals surface area contributed by atoms with E-state index in [9.17, 15) is 19.1 Å². The van der Waals surface area contributed by atoms with E-state index in [0.29, 0.717) is 12.0 Å². The molecule has 0 radical (unpaired) electrons. The second-order valence-corrected chi connectivity index (χ2v) is 5.33. The molecule has 0 aliphatic heterocycles. The van der Waals surface area contributed by atoms with Gasteiger partial charge in [0.25, 0.3) is 0 Å². The molecule has 0 aromatic carbocycles. The molecule has 0 aliphatic rings. The van der Waals surface area contributed by atoms with Gasteiger partial charge >= 0.3 is 13.6 Å². The predicted molar refractivity (Wildman–Crippen MR) is 61.4 cm³/mol. The highest BCUT2D eigenvalue weighted by Gasteiger charge is 2.32. The fraction of sp³-hybridized carbons (Fsp3) is 0.700. The summed E-state index contributed by atoms with van der Waals surface area (Å²) in [6.45, 7) is 5.03. The summed E-state index contributed by atoms with van der Waals surface area (Å²) in [4.78, 5) is 29.3. The topological polar surface area (TPSA) is 94.8 Å². The van der Waals surface area contributed by atoms with Crippen molar-refractivity contribution in [2.45, 2.75) is 45.7 Å². The molecule has 0 fully saturated rings. The second-order valence-electron chi connectivity index (χ2n) is 3.53. The van der Waals surface area contributed by atoms with E-state index in [4.69, 9.17) is 5.11 Å². The van der Waals surface area contributed by atoms with E-state index in [0.717, 1.165) is 0 Å². The van der Waals surface area contributed by atoms with Crippen molar-refractivity contribution in [2.75, 3.05) is 0 Å². The van der Waals surface area contributed by atoms with Crippen LogP contribution in [0.1, 0.15) is 40.0 Å². The van der Waals surface area contributed by atoms with Crippen LogP contribution in [0.3, 0.4) is 0 Å². The Morgan fingerprint density at radius 1 is 1.19 bits per heavy atom. The van der Waals surface area contributed by atoms with Crippen LogP contribution >= 0.6 is 7.60 Å². The minimum atomic E-state index is -4.28. The molecule has 0 aromatic heterocycles. The molecule has 3 N–H and O–H groups in total. The summed E-state index contributed by atoms with van der Waals surface area (Å²) in [5.41, 5.74) is -0.480. The van der Waals surface area contributed by atoms with Crippen LogP contribution in [0.25, 0.3) is 0 Å². The highest BCUT2D eigenvalue weighted by molar-refractivity contribution is 7.52. The van der Waals surface area contributed by atoms with E-state index >= 15 is 0 Å². The molecule has 16 heavy (non-hydrogen) atoms. The molecule has 0 bridgehead atoms. The Kier molecular flexibility index (Phi) is 5.94. The lowest BCUT2D eigenvalue weighted by Crippen LogP contribution is -2.16. The lowest BCUT2D eigenvalue weighted by atomic mass is 9.99. The molecule has 0 spiro atoms. The fourth-order valence-electron chi connectivity index (χ4n) is 1.85. The first-order valence-electron chi connectivity index (χ1n) is 5.29. The van der Waals surface area contributed by atoms with Gasteiger partial charge in [-0.25, -0.2) is 4.79 Å². The van der Waals surface area contributed by atoms with Crippen molar-refractivity contribution in [1.29, 1.82) is 0 Å². The minimum absolute atomic E-state index is 0.123. The standard InChI is InChI=1S/C10H19O5P/c1-4-7(8(5-2)10(11)12)9(6-3)16(13,14)15/h9H,4-6H2,1-3H3,(H,11,12)(H2,13,14,15). The zero-order valence-corrected chi connectivity index (χ0v) is 10.7. The van der Waals surface area contributed by atoms with E-state index < -0.39 is 19.2 Å². The van der Waals surface area contributed by atoms with Crippen molar-refractivity contribution >= 4 is 13.6 Å². The van der Waals surface area contributed by atoms with Gasteiger partial charge in [0.05, 0.1) is 5.66 Å². The first kappa shape index (κ1) is 15.4. The van der Waals surface area contributed by atoms with E-state index in [-0.39, 0.29) is 18.4 Å². The van der Waals surface area contributed by atoms with Gasteiger partial charge < -0.3 is 14.9 Å². The van der Waals surface area contributed by atoms with Crippen molar-refractivity contribution < 1.29 is 24.3 Å². The summed E-state index contributed by atoms with van der Waals surface area (Å²) in [6.07, 6.45) is 0.859.